The number of H-pyrrole nitrogens is 1. The van der Waals surface area contributed by atoms with Gasteiger partial charge >= 0.3 is 5.97 Å². The van der Waals surface area contributed by atoms with Gasteiger partial charge in [0.1, 0.15) is 0 Å². The molecule has 3 aromatic rings. The monoisotopic (exact) mass is 337 g/mol. The highest BCUT2D eigenvalue weighted by atomic mass is 16.4. The second-order valence-corrected chi connectivity index (χ2v) is 6.63. The number of aromatic amines is 1. The van der Waals surface area contributed by atoms with Crippen LogP contribution in [0, 0.1) is 12.8 Å². The molecule has 0 spiro atoms. The van der Waals surface area contributed by atoms with E-state index in [0.717, 1.165) is 34.1 Å². The number of aromatic nitrogens is 1. The lowest BCUT2D eigenvalue weighted by Gasteiger charge is -2.18. The largest absolute Gasteiger partial charge is 0.478 e. The van der Waals surface area contributed by atoms with Crippen molar-refractivity contribution in [3.63, 3.8) is 0 Å². The van der Waals surface area contributed by atoms with Gasteiger partial charge in [0.2, 0.25) is 0 Å². The summed E-state index contributed by atoms with van der Waals surface area (Å²) in [6, 6.07) is 13.3. The molecule has 25 heavy (non-hydrogen) atoms. The fourth-order valence-corrected chi connectivity index (χ4v) is 3.25. The zero-order valence-electron chi connectivity index (χ0n) is 14.7. The molecule has 0 saturated heterocycles. The van der Waals surface area contributed by atoms with Crippen molar-refractivity contribution in [1.29, 1.82) is 0 Å². The molecule has 1 heterocycles. The fraction of sp³-hybridized carbons (Fsp3) is 0.286. The third kappa shape index (κ3) is 3.05. The topological polar surface area (TPSA) is 73.3 Å². The number of aliphatic hydroxyl groups excluding tert-OH is 1. The van der Waals surface area contributed by atoms with E-state index in [2.05, 4.69) is 4.98 Å². The van der Waals surface area contributed by atoms with Gasteiger partial charge in [0, 0.05) is 16.5 Å². The van der Waals surface area contributed by atoms with Crippen molar-refractivity contribution < 1.29 is 15.0 Å². The molecule has 0 radical (unpaired) electrons. The van der Waals surface area contributed by atoms with Crippen molar-refractivity contribution in [3.05, 3.63) is 59.3 Å². The summed E-state index contributed by atoms with van der Waals surface area (Å²) >= 11 is 0. The van der Waals surface area contributed by atoms with Crippen LogP contribution in [-0.2, 0) is 0 Å². The second-order valence-electron chi connectivity index (χ2n) is 6.63. The number of nitrogens with one attached hydrogen (secondary N) is 1. The van der Waals surface area contributed by atoms with Crippen LogP contribution in [0.25, 0.3) is 22.0 Å². The lowest BCUT2D eigenvalue weighted by molar-refractivity contribution is 0.0696. The first kappa shape index (κ1) is 17.2. The maximum Gasteiger partial charge on any atom is 0.335 e. The SMILES string of the molecule is CCC(C)C(O)c1[nH]c2cc(C)c(C(=O)O)cc2c1-c1ccccc1. The molecule has 130 valence electrons. The molecular formula is C21H23NO3. The number of carboxylic acid groups (broad SMARTS) is 1. The summed E-state index contributed by atoms with van der Waals surface area (Å²) < 4.78 is 0. The first-order valence-corrected chi connectivity index (χ1v) is 8.57. The number of carboxylic acids is 1. The number of carbonyl (C=O) groups is 1. The van der Waals surface area contributed by atoms with Crippen molar-refractivity contribution in [3.8, 4) is 11.1 Å². The van der Waals surface area contributed by atoms with Gasteiger partial charge in [-0.1, -0.05) is 50.6 Å². The summed E-state index contributed by atoms with van der Waals surface area (Å²) in [6.45, 7) is 5.85. The van der Waals surface area contributed by atoms with Crippen LogP contribution in [0.1, 0.15) is 48.0 Å². The van der Waals surface area contributed by atoms with E-state index >= 15 is 0 Å². The van der Waals surface area contributed by atoms with Gasteiger partial charge in [0.15, 0.2) is 0 Å². The molecule has 0 aliphatic rings. The van der Waals surface area contributed by atoms with E-state index in [1.54, 1.807) is 13.0 Å². The Bertz CT molecular complexity index is 912. The fourth-order valence-electron chi connectivity index (χ4n) is 3.25. The summed E-state index contributed by atoms with van der Waals surface area (Å²) in [4.78, 5) is 14.9. The molecule has 2 atom stereocenters. The molecule has 2 unspecified atom stereocenters. The van der Waals surface area contributed by atoms with Gasteiger partial charge in [0.05, 0.1) is 17.4 Å². The predicted octanol–water partition coefficient (Wildman–Crippen LogP) is 4.92. The molecule has 1 aromatic heterocycles. The van der Waals surface area contributed by atoms with E-state index in [9.17, 15) is 15.0 Å². The Labute approximate surface area is 147 Å². The van der Waals surface area contributed by atoms with Gasteiger partial charge in [-0.25, -0.2) is 4.79 Å². The number of aromatic carboxylic acids is 1. The number of benzene rings is 2. The molecule has 4 heteroatoms. The molecule has 3 N–H and O–H groups in total. The summed E-state index contributed by atoms with van der Waals surface area (Å²) in [5, 5.41) is 21.1. The van der Waals surface area contributed by atoms with Crippen LogP contribution in [0.4, 0.5) is 0 Å². The van der Waals surface area contributed by atoms with E-state index in [0.29, 0.717) is 5.56 Å². The van der Waals surface area contributed by atoms with Crippen LogP contribution in [0.3, 0.4) is 0 Å². The third-order valence-corrected chi connectivity index (χ3v) is 4.94. The van der Waals surface area contributed by atoms with E-state index in [-0.39, 0.29) is 11.5 Å². The molecule has 4 nitrogen and oxygen atoms in total. The molecule has 0 saturated carbocycles. The molecule has 0 amide bonds. The highest BCUT2D eigenvalue weighted by Gasteiger charge is 2.24. The van der Waals surface area contributed by atoms with Crippen molar-refractivity contribution in [2.75, 3.05) is 0 Å². The van der Waals surface area contributed by atoms with Crippen LogP contribution < -0.4 is 0 Å². The number of rotatable bonds is 5. The Morgan fingerprint density at radius 2 is 1.88 bits per heavy atom. The molecule has 2 aromatic carbocycles. The summed E-state index contributed by atoms with van der Waals surface area (Å²) in [5.41, 5.74) is 4.42. The zero-order chi connectivity index (χ0) is 18.1. The van der Waals surface area contributed by atoms with Crippen molar-refractivity contribution >= 4 is 16.9 Å². The highest BCUT2D eigenvalue weighted by molar-refractivity contribution is 6.02. The first-order valence-electron chi connectivity index (χ1n) is 8.57. The third-order valence-electron chi connectivity index (χ3n) is 4.94. The Balaban J connectivity index is 2.33. The standard InChI is InChI=1S/C21H23NO3/c1-4-12(2)20(23)19-18(14-8-6-5-7-9-14)16-11-15(21(24)25)13(3)10-17(16)22-19/h5-12,20,22-23H,4H2,1-3H3,(H,24,25). The molecule has 0 aliphatic carbocycles. The average molecular weight is 337 g/mol. The van der Waals surface area contributed by atoms with Crippen LogP contribution in [0.2, 0.25) is 0 Å². The number of aryl methyl sites for hydroxylation is 1. The van der Waals surface area contributed by atoms with Gasteiger partial charge in [0.25, 0.3) is 0 Å². The quantitative estimate of drug-likeness (QED) is 0.618. The van der Waals surface area contributed by atoms with Crippen LogP contribution >= 0.6 is 0 Å². The van der Waals surface area contributed by atoms with Gasteiger partial charge in [-0.15, -0.1) is 0 Å². The minimum absolute atomic E-state index is 0.0931. The Morgan fingerprint density at radius 1 is 1.20 bits per heavy atom. The Hall–Kier alpha value is -2.59. The van der Waals surface area contributed by atoms with E-state index in [1.165, 1.54) is 0 Å². The van der Waals surface area contributed by atoms with Crippen molar-refractivity contribution in [2.24, 2.45) is 5.92 Å². The van der Waals surface area contributed by atoms with Crippen LogP contribution in [0.15, 0.2) is 42.5 Å². The summed E-state index contributed by atoms with van der Waals surface area (Å²) in [7, 11) is 0. The van der Waals surface area contributed by atoms with Crippen molar-refractivity contribution in [1.82, 2.24) is 4.98 Å². The summed E-state index contributed by atoms with van der Waals surface area (Å²) in [6.07, 6.45) is 0.214. The molecule has 0 bridgehead atoms. The molecular weight excluding hydrogens is 314 g/mol. The maximum atomic E-state index is 11.5. The Morgan fingerprint density at radius 3 is 2.48 bits per heavy atom. The number of aliphatic hydroxyl groups is 1. The first-order chi connectivity index (χ1) is 11.9. The van der Waals surface area contributed by atoms with E-state index in [4.69, 9.17) is 0 Å². The lowest BCUT2D eigenvalue weighted by atomic mass is 9.92. The zero-order valence-corrected chi connectivity index (χ0v) is 14.7. The van der Waals surface area contributed by atoms with E-state index in [1.807, 2.05) is 50.2 Å². The number of fused-ring (bicyclic) bond motifs is 1. The predicted molar refractivity (Wildman–Crippen MR) is 99.8 cm³/mol. The summed E-state index contributed by atoms with van der Waals surface area (Å²) in [5.74, 6) is -0.848. The Kier molecular flexibility index (Phi) is 4.64. The number of hydrogen-bond donors (Lipinski definition) is 3. The minimum atomic E-state index is -0.941. The maximum absolute atomic E-state index is 11.5. The highest BCUT2D eigenvalue weighted by Crippen LogP contribution is 2.39. The molecule has 0 aliphatic heterocycles. The lowest BCUT2D eigenvalue weighted by Crippen LogP contribution is -2.09. The smallest absolute Gasteiger partial charge is 0.335 e. The van der Waals surface area contributed by atoms with Crippen LogP contribution in [0.5, 0.6) is 0 Å². The van der Waals surface area contributed by atoms with Gasteiger partial charge in [-0.3, -0.25) is 0 Å². The van der Waals surface area contributed by atoms with E-state index < -0.39 is 12.1 Å². The minimum Gasteiger partial charge on any atom is -0.478 e. The van der Waals surface area contributed by atoms with Crippen LogP contribution in [-0.4, -0.2) is 21.2 Å². The molecule has 3 rings (SSSR count). The van der Waals surface area contributed by atoms with Gasteiger partial charge in [-0.05, 0) is 36.1 Å². The average Bonchev–Trinajstić information content (AvgIpc) is 2.98. The second kappa shape index (κ2) is 6.73. The molecule has 0 fully saturated rings. The van der Waals surface area contributed by atoms with Gasteiger partial charge in [-0.2, -0.15) is 0 Å². The normalized spacial score (nSPS) is 13.8. The number of hydrogen-bond acceptors (Lipinski definition) is 2. The van der Waals surface area contributed by atoms with Crippen molar-refractivity contribution in [2.45, 2.75) is 33.3 Å². The van der Waals surface area contributed by atoms with Gasteiger partial charge < -0.3 is 15.2 Å².